The zero-order chi connectivity index (χ0) is 14.0. The number of amides is 1. The summed E-state index contributed by atoms with van der Waals surface area (Å²) in [6.07, 6.45) is 2.33. The van der Waals surface area contributed by atoms with Crippen LogP contribution >= 0.6 is 34.5 Å². The van der Waals surface area contributed by atoms with E-state index in [0.29, 0.717) is 18.0 Å². The molecule has 4 nitrogen and oxygen atoms in total. The van der Waals surface area contributed by atoms with Gasteiger partial charge in [0.05, 0.1) is 14.9 Å². The Morgan fingerprint density at radius 2 is 2.16 bits per heavy atom. The number of nitrogens with zero attached hydrogens (tertiary/aromatic N) is 1. The maximum atomic E-state index is 11.2. The number of halogens is 2. The molecule has 0 atom stereocenters. The number of hydrogen-bond donors (Lipinski definition) is 2. The summed E-state index contributed by atoms with van der Waals surface area (Å²) in [5, 5.41) is 8.31. The molecule has 7 heteroatoms. The van der Waals surface area contributed by atoms with Crippen molar-refractivity contribution >= 4 is 40.4 Å². The third kappa shape index (κ3) is 3.37. The number of carbonyl (C=O) groups is 1. The first-order valence-corrected chi connectivity index (χ1v) is 7.03. The van der Waals surface area contributed by atoms with Crippen LogP contribution in [0, 0.1) is 5.41 Å². The van der Waals surface area contributed by atoms with Crippen LogP contribution in [0.2, 0.25) is 9.36 Å². The number of primary amides is 1. The molecule has 0 aliphatic carbocycles. The van der Waals surface area contributed by atoms with Gasteiger partial charge in [0, 0.05) is 17.6 Å². The number of pyridine rings is 1. The van der Waals surface area contributed by atoms with Crippen molar-refractivity contribution < 1.29 is 4.79 Å². The van der Waals surface area contributed by atoms with Crippen molar-refractivity contribution in [1.29, 1.82) is 5.41 Å². The fourth-order valence-electron chi connectivity index (χ4n) is 1.69. The maximum absolute atomic E-state index is 11.2. The second-order valence-corrected chi connectivity index (χ2v) is 6.17. The van der Waals surface area contributed by atoms with E-state index in [1.54, 1.807) is 10.8 Å². The normalized spacial score (nSPS) is 10.6. The summed E-state index contributed by atoms with van der Waals surface area (Å²) in [4.78, 5) is 12.3. The van der Waals surface area contributed by atoms with Crippen LogP contribution in [-0.4, -0.2) is 10.5 Å². The molecule has 19 heavy (non-hydrogen) atoms. The minimum absolute atomic E-state index is 0.0690. The van der Waals surface area contributed by atoms with Gasteiger partial charge < -0.3 is 10.3 Å². The van der Waals surface area contributed by atoms with Gasteiger partial charge in [0.15, 0.2) is 0 Å². The van der Waals surface area contributed by atoms with Crippen molar-refractivity contribution in [3.05, 3.63) is 49.7 Å². The molecule has 2 aromatic heterocycles. The van der Waals surface area contributed by atoms with Crippen LogP contribution in [0.4, 0.5) is 0 Å². The maximum Gasteiger partial charge on any atom is 0.252 e. The molecule has 2 rings (SSSR count). The van der Waals surface area contributed by atoms with Crippen molar-refractivity contribution in [2.75, 3.05) is 0 Å². The molecule has 2 aromatic rings. The summed E-state index contributed by atoms with van der Waals surface area (Å²) in [6, 6.07) is 5.18. The zero-order valence-corrected chi connectivity index (χ0v) is 12.1. The summed E-state index contributed by atoms with van der Waals surface area (Å²) in [5.74, 6) is -0.652. The first-order chi connectivity index (χ1) is 8.97. The van der Waals surface area contributed by atoms with Crippen LogP contribution < -0.4 is 11.2 Å². The topological polar surface area (TPSA) is 71.9 Å². The number of nitrogens with two attached hydrogens (primary N) is 1. The zero-order valence-electron chi connectivity index (χ0n) is 9.82. The van der Waals surface area contributed by atoms with Crippen molar-refractivity contribution in [2.45, 2.75) is 13.0 Å². The Labute approximate surface area is 123 Å². The molecule has 0 saturated heterocycles. The molecule has 0 aliphatic rings. The van der Waals surface area contributed by atoms with Gasteiger partial charge in [-0.15, -0.1) is 11.3 Å². The lowest BCUT2D eigenvalue weighted by molar-refractivity contribution is 0.0997. The predicted octanol–water partition coefficient (Wildman–Crippen LogP) is 2.68. The smallest absolute Gasteiger partial charge is 0.252 e. The van der Waals surface area contributed by atoms with E-state index < -0.39 is 5.91 Å². The first-order valence-electron chi connectivity index (χ1n) is 5.46. The molecule has 0 fully saturated rings. The monoisotopic (exact) mass is 315 g/mol. The third-order valence-corrected chi connectivity index (χ3v) is 4.09. The van der Waals surface area contributed by atoms with Crippen LogP contribution in [0.3, 0.4) is 0 Å². The molecular weight excluding hydrogens is 305 g/mol. The minimum atomic E-state index is -0.652. The molecule has 0 saturated carbocycles. The molecule has 0 radical (unpaired) electrons. The van der Waals surface area contributed by atoms with Crippen LogP contribution in [0.1, 0.15) is 15.2 Å². The Morgan fingerprint density at radius 1 is 1.42 bits per heavy atom. The molecule has 0 unspecified atom stereocenters. The summed E-state index contributed by atoms with van der Waals surface area (Å²) in [6.45, 7) is 0.538. The standard InChI is InChI=1S/C12H11Cl2N3OS/c13-7-5-9(12(16)18)11(15)17(6-7)4-3-8-1-2-10(14)19-8/h1-2,5-6,15H,3-4H2,(H2,16,18). The van der Waals surface area contributed by atoms with Crippen molar-refractivity contribution in [1.82, 2.24) is 4.57 Å². The predicted molar refractivity (Wildman–Crippen MR) is 76.8 cm³/mol. The van der Waals surface area contributed by atoms with Gasteiger partial charge in [-0.1, -0.05) is 23.2 Å². The van der Waals surface area contributed by atoms with Crippen molar-refractivity contribution in [3.63, 3.8) is 0 Å². The molecule has 100 valence electrons. The Kier molecular flexibility index (Phi) is 4.29. The summed E-state index contributed by atoms with van der Waals surface area (Å²) in [5.41, 5.74) is 5.41. The van der Waals surface area contributed by atoms with Gasteiger partial charge >= 0.3 is 0 Å². The highest BCUT2D eigenvalue weighted by molar-refractivity contribution is 7.16. The van der Waals surface area contributed by atoms with Gasteiger partial charge in [-0.05, 0) is 24.6 Å². The number of hydrogen-bond acceptors (Lipinski definition) is 3. The van der Waals surface area contributed by atoms with Crippen molar-refractivity contribution in [2.24, 2.45) is 5.73 Å². The van der Waals surface area contributed by atoms with Crippen LogP contribution in [0.15, 0.2) is 24.4 Å². The average Bonchev–Trinajstić information content (AvgIpc) is 2.75. The SMILES string of the molecule is N=c1c(C(N)=O)cc(Cl)cn1CCc1ccc(Cl)s1. The Morgan fingerprint density at radius 3 is 2.74 bits per heavy atom. The quantitative estimate of drug-likeness (QED) is 0.894. The fourth-order valence-corrected chi connectivity index (χ4v) is 3.00. The average molecular weight is 316 g/mol. The number of carbonyl (C=O) groups excluding carboxylic acids is 1. The van der Waals surface area contributed by atoms with Crippen LogP contribution in [0.25, 0.3) is 0 Å². The van der Waals surface area contributed by atoms with Crippen LogP contribution in [0.5, 0.6) is 0 Å². The van der Waals surface area contributed by atoms with Gasteiger partial charge in [0.2, 0.25) is 0 Å². The van der Waals surface area contributed by atoms with Gasteiger partial charge in [0.25, 0.3) is 5.91 Å². The van der Waals surface area contributed by atoms with Crippen LogP contribution in [-0.2, 0) is 13.0 Å². The fraction of sp³-hybridized carbons (Fsp3) is 0.167. The highest BCUT2D eigenvalue weighted by Crippen LogP contribution is 2.22. The van der Waals surface area contributed by atoms with E-state index in [9.17, 15) is 4.79 Å². The lowest BCUT2D eigenvalue weighted by Gasteiger charge is -2.09. The molecule has 0 aromatic carbocycles. The first kappa shape index (κ1) is 14.1. The minimum Gasteiger partial charge on any atom is -0.365 e. The van der Waals surface area contributed by atoms with Gasteiger partial charge in [0.1, 0.15) is 5.49 Å². The Bertz CT molecular complexity index is 678. The second kappa shape index (κ2) is 5.77. The van der Waals surface area contributed by atoms with Gasteiger partial charge in [-0.2, -0.15) is 0 Å². The number of rotatable bonds is 4. The summed E-state index contributed by atoms with van der Waals surface area (Å²) < 4.78 is 2.34. The number of nitrogens with one attached hydrogen (secondary N) is 1. The third-order valence-electron chi connectivity index (χ3n) is 2.60. The van der Waals surface area contributed by atoms with Gasteiger partial charge in [-0.25, -0.2) is 0 Å². The van der Waals surface area contributed by atoms with Gasteiger partial charge in [-0.3, -0.25) is 10.2 Å². The Hall–Kier alpha value is -1.30. The molecule has 2 heterocycles. The van der Waals surface area contributed by atoms with E-state index in [1.807, 2.05) is 12.1 Å². The highest BCUT2D eigenvalue weighted by atomic mass is 35.5. The van der Waals surface area contributed by atoms with E-state index in [4.69, 9.17) is 34.3 Å². The summed E-state index contributed by atoms with van der Waals surface area (Å²) in [7, 11) is 0. The van der Waals surface area contributed by atoms with Crippen molar-refractivity contribution in [3.8, 4) is 0 Å². The lowest BCUT2D eigenvalue weighted by Crippen LogP contribution is -2.29. The molecule has 0 spiro atoms. The number of aryl methyl sites for hydroxylation is 2. The van der Waals surface area contributed by atoms with E-state index in [2.05, 4.69) is 0 Å². The largest absolute Gasteiger partial charge is 0.365 e. The molecule has 0 aliphatic heterocycles. The number of thiophene rings is 1. The lowest BCUT2D eigenvalue weighted by atomic mass is 10.2. The summed E-state index contributed by atoms with van der Waals surface area (Å²) >= 11 is 13.3. The molecule has 3 N–H and O–H groups in total. The number of aromatic nitrogens is 1. The molecular formula is C12H11Cl2N3OS. The van der Waals surface area contributed by atoms with E-state index in [1.165, 1.54) is 17.4 Å². The van der Waals surface area contributed by atoms with E-state index >= 15 is 0 Å². The van der Waals surface area contributed by atoms with E-state index in [-0.39, 0.29) is 11.1 Å². The molecule has 0 bridgehead atoms. The van der Waals surface area contributed by atoms with E-state index in [0.717, 1.165) is 9.21 Å². The Balaban J connectivity index is 2.25. The second-order valence-electron chi connectivity index (χ2n) is 3.93. The molecule has 1 amide bonds. The highest BCUT2D eigenvalue weighted by Gasteiger charge is 2.08.